The largest absolute Gasteiger partial charge is 0.481 e. The number of piperidine rings is 1. The zero-order chi connectivity index (χ0) is 29.5. The lowest BCUT2D eigenvalue weighted by Crippen LogP contribution is -2.57. The predicted molar refractivity (Wildman–Crippen MR) is 150 cm³/mol. The Hall–Kier alpha value is -2.53. The van der Waals surface area contributed by atoms with Crippen LogP contribution in [0.2, 0.25) is 0 Å². The van der Waals surface area contributed by atoms with E-state index in [1.807, 2.05) is 0 Å². The summed E-state index contributed by atoms with van der Waals surface area (Å²) < 4.78 is 5.25. The summed E-state index contributed by atoms with van der Waals surface area (Å²) in [4.78, 5) is 66.6. The molecule has 0 aromatic carbocycles. The van der Waals surface area contributed by atoms with Gasteiger partial charge in [-0.15, -0.1) is 0 Å². The van der Waals surface area contributed by atoms with Gasteiger partial charge in [0.25, 0.3) is 0 Å². The van der Waals surface area contributed by atoms with Gasteiger partial charge in [0.2, 0.25) is 17.7 Å². The van der Waals surface area contributed by atoms with Gasteiger partial charge in [-0.25, -0.2) is 4.79 Å². The highest BCUT2D eigenvalue weighted by molar-refractivity contribution is 6.03. The Balaban J connectivity index is 2.18. The third-order valence-corrected chi connectivity index (χ3v) is 8.18. The van der Waals surface area contributed by atoms with Gasteiger partial charge in [-0.3, -0.25) is 24.1 Å². The average Bonchev–Trinajstić information content (AvgIpc) is 2.94. The number of carbonyl (C=O) groups excluding carboxylic acids is 4. The SMILES string of the molecule is CCOC(=O)[C@H](CCC1CCCCC1)N(C(=O)CN(CC)C(=O)CCCC1CCNCC1)C(=O)[C@@H](N)CC(=O)O. The topological polar surface area (TPSA) is 159 Å². The van der Waals surface area contributed by atoms with E-state index in [0.29, 0.717) is 31.1 Å². The zero-order valence-electron chi connectivity index (χ0n) is 24.4. The lowest BCUT2D eigenvalue weighted by molar-refractivity contribution is -0.163. The van der Waals surface area contributed by atoms with Crippen molar-refractivity contribution in [2.24, 2.45) is 17.6 Å². The minimum atomic E-state index is -1.51. The van der Waals surface area contributed by atoms with Crippen molar-refractivity contribution in [3.8, 4) is 0 Å². The number of carboxylic acids is 1. The van der Waals surface area contributed by atoms with Gasteiger partial charge in [-0.1, -0.05) is 32.1 Å². The first kappa shape index (κ1) is 33.7. The second-order valence-corrected chi connectivity index (χ2v) is 11.1. The highest BCUT2D eigenvalue weighted by atomic mass is 16.5. The number of likely N-dealkylation sites (N-methyl/N-ethyl adjacent to an activating group) is 1. The number of carbonyl (C=O) groups is 5. The number of hydrogen-bond acceptors (Lipinski definition) is 8. The van der Waals surface area contributed by atoms with Crippen LogP contribution in [0.25, 0.3) is 0 Å². The minimum Gasteiger partial charge on any atom is -0.481 e. The summed E-state index contributed by atoms with van der Waals surface area (Å²) in [7, 11) is 0. The van der Waals surface area contributed by atoms with Gasteiger partial charge in [0, 0.05) is 13.0 Å². The van der Waals surface area contributed by atoms with Crippen LogP contribution in [0.4, 0.5) is 0 Å². The van der Waals surface area contributed by atoms with Crippen LogP contribution in [0.3, 0.4) is 0 Å². The fraction of sp³-hybridized carbons (Fsp3) is 0.828. The van der Waals surface area contributed by atoms with Crippen LogP contribution in [0.15, 0.2) is 0 Å². The summed E-state index contributed by atoms with van der Waals surface area (Å²) in [6, 6.07) is -2.74. The summed E-state index contributed by atoms with van der Waals surface area (Å²) >= 11 is 0. The molecule has 2 fully saturated rings. The quantitative estimate of drug-likeness (QED) is 0.239. The van der Waals surface area contributed by atoms with Gasteiger partial charge in [0.1, 0.15) is 12.6 Å². The maximum absolute atomic E-state index is 13.7. The van der Waals surface area contributed by atoms with Crippen molar-refractivity contribution < 1.29 is 33.8 Å². The Morgan fingerprint density at radius 1 is 0.950 bits per heavy atom. The lowest BCUT2D eigenvalue weighted by Gasteiger charge is -2.33. The Morgan fingerprint density at radius 2 is 1.60 bits per heavy atom. The molecule has 228 valence electrons. The van der Waals surface area contributed by atoms with Crippen molar-refractivity contribution in [2.45, 2.75) is 109 Å². The highest BCUT2D eigenvalue weighted by Gasteiger charge is 2.39. The molecule has 1 heterocycles. The molecule has 40 heavy (non-hydrogen) atoms. The number of nitrogens with zero attached hydrogens (tertiary/aromatic N) is 2. The van der Waals surface area contributed by atoms with Crippen LogP contribution in [-0.4, -0.2) is 89.4 Å². The monoisotopic (exact) mass is 566 g/mol. The van der Waals surface area contributed by atoms with E-state index in [0.717, 1.165) is 62.9 Å². The highest BCUT2D eigenvalue weighted by Crippen LogP contribution is 2.29. The number of nitrogens with two attached hydrogens (primary N) is 1. The summed E-state index contributed by atoms with van der Waals surface area (Å²) in [6.07, 6.45) is 9.69. The Morgan fingerprint density at radius 3 is 2.20 bits per heavy atom. The van der Waals surface area contributed by atoms with E-state index < -0.39 is 48.8 Å². The number of nitrogens with one attached hydrogen (secondary N) is 1. The molecule has 0 spiro atoms. The fourth-order valence-electron chi connectivity index (χ4n) is 5.85. The molecule has 0 aromatic rings. The van der Waals surface area contributed by atoms with Crippen molar-refractivity contribution >= 4 is 29.7 Å². The van der Waals surface area contributed by atoms with Crippen molar-refractivity contribution in [1.82, 2.24) is 15.1 Å². The van der Waals surface area contributed by atoms with E-state index in [1.165, 1.54) is 11.3 Å². The number of hydrogen-bond donors (Lipinski definition) is 3. The minimum absolute atomic E-state index is 0.0623. The molecule has 0 radical (unpaired) electrons. The number of carboxylic acid groups (broad SMARTS) is 1. The van der Waals surface area contributed by atoms with Crippen LogP contribution in [0.5, 0.6) is 0 Å². The van der Waals surface area contributed by atoms with Crippen molar-refractivity contribution in [1.29, 1.82) is 0 Å². The average molecular weight is 567 g/mol. The number of rotatable bonds is 16. The first-order valence-electron chi connectivity index (χ1n) is 15.2. The molecular weight excluding hydrogens is 516 g/mol. The molecule has 0 aromatic heterocycles. The van der Waals surface area contributed by atoms with E-state index in [4.69, 9.17) is 10.5 Å². The standard InChI is InChI=1S/C29H50N4O7/c1-3-32(25(34)12-8-11-22-15-17-31-18-16-22)20-26(35)33(28(38)23(30)19-27(36)37)24(29(39)40-4-2)14-13-21-9-6-5-7-10-21/h21-24,31H,3-20,30H2,1-2H3,(H,36,37)/t23-,24-/m0/s1. The fourth-order valence-corrected chi connectivity index (χ4v) is 5.85. The number of ether oxygens (including phenoxy) is 1. The maximum Gasteiger partial charge on any atom is 0.329 e. The molecule has 2 aliphatic rings. The Labute approximate surface area is 238 Å². The van der Waals surface area contributed by atoms with Crippen LogP contribution in [-0.2, 0) is 28.7 Å². The van der Waals surface area contributed by atoms with Gasteiger partial charge in [0.05, 0.1) is 19.1 Å². The first-order valence-corrected chi connectivity index (χ1v) is 15.2. The molecule has 11 nitrogen and oxygen atoms in total. The lowest BCUT2D eigenvalue weighted by atomic mass is 9.85. The predicted octanol–water partition coefficient (Wildman–Crippen LogP) is 2.45. The summed E-state index contributed by atoms with van der Waals surface area (Å²) in [6.45, 7) is 5.30. The molecule has 1 aliphatic carbocycles. The van der Waals surface area contributed by atoms with Crippen molar-refractivity contribution in [3.63, 3.8) is 0 Å². The molecule has 0 unspecified atom stereocenters. The van der Waals surface area contributed by atoms with Gasteiger partial charge in [-0.05, 0) is 77.3 Å². The summed E-state index contributed by atoms with van der Waals surface area (Å²) in [5.74, 6) is -2.93. The number of aliphatic carboxylic acids is 1. The van der Waals surface area contributed by atoms with Crippen LogP contribution in [0.1, 0.15) is 97.3 Å². The molecule has 1 saturated heterocycles. The molecule has 1 aliphatic heterocycles. The smallest absolute Gasteiger partial charge is 0.329 e. The van der Waals surface area contributed by atoms with Gasteiger partial charge in [0.15, 0.2) is 0 Å². The number of imide groups is 1. The second-order valence-electron chi connectivity index (χ2n) is 11.1. The van der Waals surface area contributed by atoms with Gasteiger partial charge in [-0.2, -0.15) is 0 Å². The van der Waals surface area contributed by atoms with E-state index >= 15 is 0 Å². The van der Waals surface area contributed by atoms with Crippen LogP contribution >= 0.6 is 0 Å². The normalized spacial score (nSPS) is 18.0. The third-order valence-electron chi connectivity index (χ3n) is 8.18. The maximum atomic E-state index is 13.7. The van der Waals surface area contributed by atoms with E-state index in [1.54, 1.807) is 13.8 Å². The van der Waals surface area contributed by atoms with E-state index in [-0.39, 0.29) is 25.5 Å². The Bertz CT molecular complexity index is 840. The number of esters is 1. The molecular formula is C29H50N4O7. The van der Waals surface area contributed by atoms with Crippen molar-refractivity contribution in [2.75, 3.05) is 32.8 Å². The molecule has 3 amide bonds. The van der Waals surface area contributed by atoms with Crippen molar-refractivity contribution in [3.05, 3.63) is 0 Å². The van der Waals surface area contributed by atoms with Crippen LogP contribution < -0.4 is 11.1 Å². The van der Waals surface area contributed by atoms with Gasteiger partial charge < -0.3 is 25.8 Å². The second kappa shape index (κ2) is 18.0. The number of amides is 3. The molecule has 4 N–H and O–H groups in total. The van der Waals surface area contributed by atoms with Gasteiger partial charge >= 0.3 is 11.9 Å². The van der Waals surface area contributed by atoms with E-state index in [9.17, 15) is 29.1 Å². The third kappa shape index (κ3) is 11.2. The molecule has 2 rings (SSSR count). The zero-order valence-corrected chi connectivity index (χ0v) is 24.4. The molecule has 0 bridgehead atoms. The van der Waals surface area contributed by atoms with Crippen LogP contribution in [0, 0.1) is 11.8 Å². The summed E-state index contributed by atoms with van der Waals surface area (Å²) in [5.41, 5.74) is 5.91. The molecule has 2 atom stereocenters. The first-order chi connectivity index (χ1) is 19.2. The Kier molecular flexibility index (Phi) is 15.2. The molecule has 11 heteroatoms. The summed E-state index contributed by atoms with van der Waals surface area (Å²) in [5, 5.41) is 12.5. The molecule has 1 saturated carbocycles. The van der Waals surface area contributed by atoms with E-state index in [2.05, 4.69) is 5.32 Å².